The van der Waals surface area contributed by atoms with Gasteiger partial charge >= 0.3 is 0 Å². The summed E-state index contributed by atoms with van der Waals surface area (Å²) in [5.41, 5.74) is 8.22. The zero-order valence-corrected chi connectivity index (χ0v) is 12.0. The summed E-state index contributed by atoms with van der Waals surface area (Å²) in [5.74, 6) is 0.820. The number of aryl methyl sites for hydroxylation is 1. The zero-order chi connectivity index (χ0) is 13.1. The first-order valence-electron chi connectivity index (χ1n) is 5.79. The summed E-state index contributed by atoms with van der Waals surface area (Å²) in [6.45, 7) is 2.58. The number of aromatic nitrogens is 2. The van der Waals surface area contributed by atoms with Crippen molar-refractivity contribution < 1.29 is 4.74 Å². The lowest BCUT2D eigenvalue weighted by atomic mass is 10.0. The number of rotatable bonds is 4. The van der Waals surface area contributed by atoms with Crippen LogP contribution >= 0.6 is 15.9 Å². The van der Waals surface area contributed by atoms with E-state index in [1.165, 1.54) is 0 Å². The molecule has 0 aliphatic rings. The number of para-hydroxylation sites is 1. The lowest BCUT2D eigenvalue weighted by Crippen LogP contribution is -2.17. The van der Waals surface area contributed by atoms with E-state index in [2.05, 4.69) is 21.0 Å². The highest BCUT2D eigenvalue weighted by molar-refractivity contribution is 9.10. The lowest BCUT2D eigenvalue weighted by molar-refractivity contribution is 0.335. The second kappa shape index (κ2) is 5.54. The first kappa shape index (κ1) is 13.1. The molecule has 0 saturated carbocycles. The van der Waals surface area contributed by atoms with Crippen LogP contribution in [0.4, 0.5) is 0 Å². The maximum Gasteiger partial charge on any atom is 0.124 e. The van der Waals surface area contributed by atoms with Gasteiger partial charge in [0.25, 0.3) is 0 Å². The Morgan fingerprint density at radius 3 is 2.78 bits per heavy atom. The van der Waals surface area contributed by atoms with Gasteiger partial charge in [-0.15, -0.1) is 0 Å². The number of ether oxygens (including phenoxy) is 1. The standard InChI is InChI=1S/C13H16BrN3O/c1-3-18-11-7-5-4-6-9(11)12(15)13-10(14)8-16-17(13)2/h4-8,12H,3,15H2,1-2H3. The second-order valence-corrected chi connectivity index (χ2v) is 4.80. The molecule has 1 aromatic heterocycles. The molecule has 2 N–H and O–H groups in total. The summed E-state index contributed by atoms with van der Waals surface area (Å²) in [5, 5.41) is 4.19. The van der Waals surface area contributed by atoms with Crippen molar-refractivity contribution in [3.8, 4) is 5.75 Å². The van der Waals surface area contributed by atoms with E-state index < -0.39 is 0 Å². The topological polar surface area (TPSA) is 53.1 Å². The van der Waals surface area contributed by atoms with Gasteiger partial charge in [0.2, 0.25) is 0 Å². The third-order valence-electron chi connectivity index (χ3n) is 2.79. The molecule has 18 heavy (non-hydrogen) atoms. The van der Waals surface area contributed by atoms with Crippen LogP contribution in [-0.2, 0) is 7.05 Å². The first-order valence-corrected chi connectivity index (χ1v) is 6.59. The average Bonchev–Trinajstić information content (AvgIpc) is 2.69. The predicted molar refractivity (Wildman–Crippen MR) is 74.5 cm³/mol. The van der Waals surface area contributed by atoms with E-state index >= 15 is 0 Å². The van der Waals surface area contributed by atoms with E-state index in [0.717, 1.165) is 21.5 Å². The van der Waals surface area contributed by atoms with E-state index in [1.807, 2.05) is 38.2 Å². The fraction of sp³-hybridized carbons (Fsp3) is 0.308. The van der Waals surface area contributed by atoms with Crippen LogP contribution in [0.3, 0.4) is 0 Å². The molecular weight excluding hydrogens is 294 g/mol. The Balaban J connectivity index is 2.43. The first-order chi connectivity index (χ1) is 8.65. The Kier molecular flexibility index (Phi) is 4.04. The number of nitrogens with two attached hydrogens (primary N) is 1. The molecule has 0 spiro atoms. The highest BCUT2D eigenvalue weighted by atomic mass is 79.9. The molecule has 0 radical (unpaired) electrons. The van der Waals surface area contributed by atoms with Crippen LogP contribution in [-0.4, -0.2) is 16.4 Å². The number of benzene rings is 1. The molecule has 96 valence electrons. The fourth-order valence-electron chi connectivity index (χ4n) is 1.94. The smallest absolute Gasteiger partial charge is 0.124 e. The summed E-state index contributed by atoms with van der Waals surface area (Å²) >= 11 is 3.47. The quantitative estimate of drug-likeness (QED) is 0.944. The fourth-order valence-corrected chi connectivity index (χ4v) is 2.54. The van der Waals surface area contributed by atoms with E-state index in [4.69, 9.17) is 10.5 Å². The average molecular weight is 310 g/mol. The maximum atomic E-state index is 6.32. The van der Waals surface area contributed by atoms with Crippen molar-refractivity contribution in [1.29, 1.82) is 0 Å². The second-order valence-electron chi connectivity index (χ2n) is 3.95. The molecule has 0 bridgehead atoms. The molecule has 0 amide bonds. The van der Waals surface area contributed by atoms with Crippen LogP contribution in [0.15, 0.2) is 34.9 Å². The number of nitrogens with zero attached hydrogens (tertiary/aromatic N) is 2. The third-order valence-corrected chi connectivity index (χ3v) is 3.40. The SMILES string of the molecule is CCOc1ccccc1C(N)c1c(Br)cnn1C. The van der Waals surface area contributed by atoms with Gasteiger partial charge in [0.15, 0.2) is 0 Å². The monoisotopic (exact) mass is 309 g/mol. The van der Waals surface area contributed by atoms with Gasteiger partial charge in [0.05, 0.1) is 29.0 Å². The molecule has 4 nitrogen and oxygen atoms in total. The lowest BCUT2D eigenvalue weighted by Gasteiger charge is -2.17. The summed E-state index contributed by atoms with van der Waals surface area (Å²) in [6, 6.07) is 7.55. The normalized spacial score (nSPS) is 12.4. The Morgan fingerprint density at radius 2 is 2.17 bits per heavy atom. The van der Waals surface area contributed by atoms with Crippen LogP contribution in [0.2, 0.25) is 0 Å². The molecule has 2 aromatic rings. The molecule has 0 saturated heterocycles. The van der Waals surface area contributed by atoms with Gasteiger partial charge in [-0.05, 0) is 28.9 Å². The van der Waals surface area contributed by atoms with E-state index in [9.17, 15) is 0 Å². The van der Waals surface area contributed by atoms with Gasteiger partial charge in [0, 0.05) is 12.6 Å². The molecule has 5 heteroatoms. The van der Waals surface area contributed by atoms with E-state index in [-0.39, 0.29) is 6.04 Å². The zero-order valence-electron chi connectivity index (χ0n) is 10.4. The molecule has 1 heterocycles. The Morgan fingerprint density at radius 1 is 1.44 bits per heavy atom. The van der Waals surface area contributed by atoms with Crippen LogP contribution in [0, 0.1) is 0 Å². The van der Waals surface area contributed by atoms with Crippen molar-refractivity contribution in [3.63, 3.8) is 0 Å². The van der Waals surface area contributed by atoms with Crippen molar-refractivity contribution >= 4 is 15.9 Å². The minimum atomic E-state index is -0.269. The van der Waals surface area contributed by atoms with Gasteiger partial charge in [-0.25, -0.2) is 0 Å². The van der Waals surface area contributed by atoms with Crippen molar-refractivity contribution in [3.05, 3.63) is 46.2 Å². The minimum absolute atomic E-state index is 0.269. The highest BCUT2D eigenvalue weighted by Crippen LogP contribution is 2.31. The minimum Gasteiger partial charge on any atom is -0.494 e. The molecule has 0 aliphatic heterocycles. The molecule has 2 rings (SSSR count). The summed E-state index contributed by atoms with van der Waals surface area (Å²) in [6.07, 6.45) is 1.75. The summed E-state index contributed by atoms with van der Waals surface area (Å²) in [4.78, 5) is 0. The number of hydrogen-bond donors (Lipinski definition) is 1. The van der Waals surface area contributed by atoms with Crippen molar-refractivity contribution in [2.45, 2.75) is 13.0 Å². The van der Waals surface area contributed by atoms with Crippen molar-refractivity contribution in [2.24, 2.45) is 12.8 Å². The molecule has 1 aromatic carbocycles. The Bertz CT molecular complexity index is 519. The van der Waals surface area contributed by atoms with Gasteiger partial charge in [0.1, 0.15) is 5.75 Å². The van der Waals surface area contributed by atoms with Crippen molar-refractivity contribution in [2.75, 3.05) is 6.61 Å². The summed E-state index contributed by atoms with van der Waals surface area (Å²) < 4.78 is 8.29. The molecule has 0 aliphatic carbocycles. The predicted octanol–water partition coefficient (Wildman–Crippen LogP) is 2.63. The van der Waals surface area contributed by atoms with Crippen LogP contribution in [0.25, 0.3) is 0 Å². The number of hydrogen-bond acceptors (Lipinski definition) is 3. The van der Waals surface area contributed by atoms with Gasteiger partial charge in [-0.1, -0.05) is 18.2 Å². The van der Waals surface area contributed by atoms with Crippen LogP contribution in [0.5, 0.6) is 5.75 Å². The molecule has 0 fully saturated rings. The molecular formula is C13H16BrN3O. The maximum absolute atomic E-state index is 6.32. The highest BCUT2D eigenvalue weighted by Gasteiger charge is 2.19. The van der Waals surface area contributed by atoms with Crippen molar-refractivity contribution in [1.82, 2.24) is 9.78 Å². The van der Waals surface area contributed by atoms with E-state index in [1.54, 1.807) is 10.9 Å². The Hall–Kier alpha value is -1.33. The summed E-state index contributed by atoms with van der Waals surface area (Å²) in [7, 11) is 1.88. The van der Waals surface area contributed by atoms with E-state index in [0.29, 0.717) is 6.61 Å². The third kappa shape index (κ3) is 2.42. The van der Waals surface area contributed by atoms with Crippen LogP contribution in [0.1, 0.15) is 24.2 Å². The largest absolute Gasteiger partial charge is 0.494 e. The molecule has 1 unspecified atom stereocenters. The van der Waals surface area contributed by atoms with Gasteiger partial charge in [-0.3, -0.25) is 4.68 Å². The number of halogens is 1. The van der Waals surface area contributed by atoms with Gasteiger partial charge < -0.3 is 10.5 Å². The van der Waals surface area contributed by atoms with Gasteiger partial charge in [-0.2, -0.15) is 5.10 Å². The molecule has 1 atom stereocenters. The van der Waals surface area contributed by atoms with Crippen LogP contribution < -0.4 is 10.5 Å². The Labute approximate surface area is 115 Å².